The van der Waals surface area contributed by atoms with Gasteiger partial charge < -0.3 is 9.64 Å². The fraction of sp³-hybridized carbons (Fsp3) is 0.769. The number of alkyl halides is 1. The zero-order chi connectivity index (χ0) is 13.1. The van der Waals surface area contributed by atoms with E-state index in [0.29, 0.717) is 18.3 Å². The van der Waals surface area contributed by atoms with E-state index >= 15 is 0 Å². The maximum atomic E-state index is 11.9. The lowest BCUT2D eigenvalue weighted by Gasteiger charge is -2.34. The molecule has 17 heavy (non-hydrogen) atoms. The molecule has 0 radical (unpaired) electrons. The lowest BCUT2D eigenvalue weighted by molar-refractivity contribution is 0.0183. The van der Waals surface area contributed by atoms with Crippen LogP contribution in [0.4, 0.5) is 4.79 Å². The Morgan fingerprint density at radius 1 is 1.53 bits per heavy atom. The molecule has 0 N–H and O–H groups in total. The first-order valence-corrected chi connectivity index (χ1v) is 6.58. The van der Waals surface area contributed by atoms with E-state index in [4.69, 9.17) is 16.3 Å². The predicted octanol–water partition coefficient (Wildman–Crippen LogP) is 3.43. The molecule has 1 unspecified atom stereocenters. The van der Waals surface area contributed by atoms with Gasteiger partial charge in [0.05, 0.1) is 0 Å². The van der Waals surface area contributed by atoms with Gasteiger partial charge >= 0.3 is 6.09 Å². The standard InChI is InChI=1S/C13H22ClNO2/c1-10(8-14)11-6-5-7-15(9-11)12(16)17-13(2,3)4/h11H,1,5-9H2,2-4H3. The Hall–Kier alpha value is -0.700. The monoisotopic (exact) mass is 259 g/mol. The zero-order valence-electron chi connectivity index (χ0n) is 11.0. The highest BCUT2D eigenvalue weighted by molar-refractivity contribution is 6.19. The van der Waals surface area contributed by atoms with Crippen LogP contribution in [0.1, 0.15) is 33.6 Å². The highest BCUT2D eigenvalue weighted by atomic mass is 35.5. The Morgan fingerprint density at radius 3 is 2.71 bits per heavy atom. The van der Waals surface area contributed by atoms with Crippen molar-refractivity contribution in [3.05, 3.63) is 12.2 Å². The maximum Gasteiger partial charge on any atom is 0.410 e. The molecule has 0 aliphatic carbocycles. The number of ether oxygens (including phenoxy) is 1. The van der Waals surface area contributed by atoms with Crippen molar-refractivity contribution >= 4 is 17.7 Å². The first-order valence-electron chi connectivity index (χ1n) is 6.05. The number of hydrogen-bond acceptors (Lipinski definition) is 2. The van der Waals surface area contributed by atoms with Crippen LogP contribution in [-0.4, -0.2) is 35.6 Å². The van der Waals surface area contributed by atoms with Gasteiger partial charge in [0.1, 0.15) is 5.60 Å². The van der Waals surface area contributed by atoms with Crippen molar-refractivity contribution in [2.24, 2.45) is 5.92 Å². The van der Waals surface area contributed by atoms with Crippen LogP contribution >= 0.6 is 11.6 Å². The van der Waals surface area contributed by atoms with Crippen molar-refractivity contribution < 1.29 is 9.53 Å². The van der Waals surface area contributed by atoms with E-state index in [-0.39, 0.29) is 6.09 Å². The van der Waals surface area contributed by atoms with Crippen LogP contribution in [0.2, 0.25) is 0 Å². The van der Waals surface area contributed by atoms with Gasteiger partial charge in [-0.2, -0.15) is 0 Å². The molecule has 1 aliphatic rings. The summed E-state index contributed by atoms with van der Waals surface area (Å²) in [6.45, 7) is 11.0. The number of piperidine rings is 1. The fourth-order valence-electron chi connectivity index (χ4n) is 1.91. The number of amides is 1. The first-order chi connectivity index (χ1) is 7.83. The van der Waals surface area contributed by atoms with Crippen molar-refractivity contribution in [3.8, 4) is 0 Å². The number of carbonyl (C=O) groups is 1. The third kappa shape index (κ3) is 4.58. The molecular weight excluding hydrogens is 238 g/mol. The minimum absolute atomic E-state index is 0.232. The van der Waals surface area contributed by atoms with Crippen LogP contribution in [0.3, 0.4) is 0 Å². The number of hydrogen-bond donors (Lipinski definition) is 0. The van der Waals surface area contributed by atoms with Crippen LogP contribution in [-0.2, 0) is 4.74 Å². The van der Waals surface area contributed by atoms with Crippen molar-refractivity contribution in [3.63, 3.8) is 0 Å². The average molecular weight is 260 g/mol. The molecule has 1 heterocycles. The summed E-state index contributed by atoms with van der Waals surface area (Å²) in [5, 5.41) is 0. The zero-order valence-corrected chi connectivity index (χ0v) is 11.7. The minimum Gasteiger partial charge on any atom is -0.444 e. The van der Waals surface area contributed by atoms with Crippen LogP contribution in [0.5, 0.6) is 0 Å². The molecule has 1 saturated heterocycles. The minimum atomic E-state index is -0.437. The van der Waals surface area contributed by atoms with E-state index in [2.05, 4.69) is 6.58 Å². The number of carbonyl (C=O) groups excluding carboxylic acids is 1. The molecule has 3 nitrogen and oxygen atoms in total. The second-order valence-corrected chi connectivity index (χ2v) is 5.82. The van der Waals surface area contributed by atoms with Gasteiger partial charge in [0.15, 0.2) is 0 Å². The molecule has 1 fully saturated rings. The van der Waals surface area contributed by atoms with E-state index < -0.39 is 5.60 Å². The Bertz CT molecular complexity index is 296. The van der Waals surface area contributed by atoms with Gasteiger partial charge in [-0.05, 0) is 39.5 Å². The SMILES string of the molecule is C=C(CCl)C1CCCN(C(=O)OC(C)(C)C)C1. The number of likely N-dealkylation sites (tertiary alicyclic amines) is 1. The molecule has 1 rings (SSSR count). The summed E-state index contributed by atoms with van der Waals surface area (Å²) in [5.41, 5.74) is 0.577. The van der Waals surface area contributed by atoms with E-state index in [9.17, 15) is 4.79 Å². The Balaban J connectivity index is 2.55. The largest absolute Gasteiger partial charge is 0.444 e. The first kappa shape index (κ1) is 14.4. The molecule has 0 aromatic heterocycles. The molecule has 1 amide bonds. The van der Waals surface area contributed by atoms with Gasteiger partial charge in [-0.15, -0.1) is 11.6 Å². The van der Waals surface area contributed by atoms with Crippen molar-refractivity contribution in [2.45, 2.75) is 39.2 Å². The Morgan fingerprint density at radius 2 is 2.18 bits per heavy atom. The quantitative estimate of drug-likeness (QED) is 0.562. The Labute approximate surface area is 109 Å². The van der Waals surface area contributed by atoms with Crippen molar-refractivity contribution in [1.29, 1.82) is 0 Å². The fourth-order valence-corrected chi connectivity index (χ4v) is 2.13. The third-order valence-electron chi connectivity index (χ3n) is 2.82. The number of nitrogens with zero attached hydrogens (tertiary/aromatic N) is 1. The van der Waals surface area contributed by atoms with Gasteiger partial charge in [-0.25, -0.2) is 4.79 Å². The van der Waals surface area contributed by atoms with Gasteiger partial charge in [0, 0.05) is 19.0 Å². The molecule has 0 bridgehead atoms. The molecule has 1 aliphatic heterocycles. The molecule has 0 aromatic carbocycles. The summed E-state index contributed by atoms with van der Waals surface area (Å²) in [4.78, 5) is 13.7. The lowest BCUT2D eigenvalue weighted by Crippen LogP contribution is -2.43. The molecule has 0 aromatic rings. The normalized spacial score (nSPS) is 21.2. The van der Waals surface area contributed by atoms with Crippen molar-refractivity contribution in [1.82, 2.24) is 4.90 Å². The summed E-state index contributed by atoms with van der Waals surface area (Å²) in [6, 6.07) is 0. The molecule has 1 atom stereocenters. The second-order valence-electron chi connectivity index (χ2n) is 5.56. The summed E-state index contributed by atoms with van der Waals surface area (Å²) in [6.07, 6.45) is 1.81. The van der Waals surface area contributed by atoms with E-state index in [1.165, 1.54) is 0 Å². The molecular formula is C13H22ClNO2. The highest BCUT2D eigenvalue weighted by Crippen LogP contribution is 2.24. The highest BCUT2D eigenvalue weighted by Gasteiger charge is 2.28. The topological polar surface area (TPSA) is 29.5 Å². The van der Waals surface area contributed by atoms with E-state index in [1.807, 2.05) is 20.8 Å². The van der Waals surface area contributed by atoms with Crippen LogP contribution in [0, 0.1) is 5.92 Å². The molecule has 98 valence electrons. The van der Waals surface area contributed by atoms with Crippen LogP contribution < -0.4 is 0 Å². The van der Waals surface area contributed by atoms with E-state index in [1.54, 1.807) is 4.90 Å². The van der Waals surface area contributed by atoms with E-state index in [0.717, 1.165) is 25.0 Å². The third-order valence-corrected chi connectivity index (χ3v) is 3.17. The number of halogens is 1. The summed E-state index contributed by atoms with van der Waals surface area (Å²) >= 11 is 5.78. The summed E-state index contributed by atoms with van der Waals surface area (Å²) in [5.74, 6) is 0.779. The van der Waals surface area contributed by atoms with Gasteiger partial charge in [-0.1, -0.05) is 12.2 Å². The van der Waals surface area contributed by atoms with Gasteiger partial charge in [0.2, 0.25) is 0 Å². The van der Waals surface area contributed by atoms with Crippen LogP contribution in [0.15, 0.2) is 12.2 Å². The Kier molecular flexibility index (Phi) is 4.87. The molecule has 0 saturated carbocycles. The van der Waals surface area contributed by atoms with Crippen molar-refractivity contribution in [2.75, 3.05) is 19.0 Å². The summed E-state index contributed by atoms with van der Waals surface area (Å²) < 4.78 is 5.36. The predicted molar refractivity (Wildman–Crippen MR) is 70.4 cm³/mol. The second kappa shape index (κ2) is 5.76. The molecule has 0 spiro atoms. The van der Waals surface area contributed by atoms with Gasteiger partial charge in [0.25, 0.3) is 0 Å². The van der Waals surface area contributed by atoms with Crippen LogP contribution in [0.25, 0.3) is 0 Å². The molecule has 4 heteroatoms. The number of rotatable bonds is 2. The maximum absolute atomic E-state index is 11.9. The average Bonchev–Trinajstić information content (AvgIpc) is 2.26. The summed E-state index contributed by atoms with van der Waals surface area (Å²) in [7, 11) is 0. The lowest BCUT2D eigenvalue weighted by atomic mass is 9.92. The van der Waals surface area contributed by atoms with Gasteiger partial charge in [-0.3, -0.25) is 0 Å². The smallest absolute Gasteiger partial charge is 0.410 e.